The van der Waals surface area contributed by atoms with Gasteiger partial charge in [0.15, 0.2) is 16.8 Å². The van der Waals surface area contributed by atoms with Crippen molar-refractivity contribution in [2.75, 3.05) is 5.75 Å². The summed E-state index contributed by atoms with van der Waals surface area (Å²) >= 11 is 7.18. The highest BCUT2D eigenvalue weighted by atomic mass is 35.5. The molecule has 0 radical (unpaired) electrons. The van der Waals surface area contributed by atoms with E-state index in [2.05, 4.69) is 10.2 Å². The standard InChI is InChI=1S/C20H16ClN5OS/c1-13(23)17(11-22)18(27)12-28-20-25-24-19(14-7-9-15(21)10-8-14)26(20)16-5-3-2-4-6-16/h2-10,17,23H,12H2,1H3. The predicted molar refractivity (Wildman–Crippen MR) is 110 cm³/mol. The van der Waals surface area contributed by atoms with Crippen LogP contribution in [0.4, 0.5) is 0 Å². The summed E-state index contributed by atoms with van der Waals surface area (Å²) < 4.78 is 1.86. The molecule has 0 saturated carbocycles. The third-order valence-corrected chi connectivity index (χ3v) is 5.18. The van der Waals surface area contributed by atoms with E-state index >= 15 is 0 Å². The van der Waals surface area contributed by atoms with Crippen LogP contribution in [-0.4, -0.2) is 32.0 Å². The summed E-state index contributed by atoms with van der Waals surface area (Å²) in [6, 6.07) is 18.7. The first-order valence-corrected chi connectivity index (χ1v) is 9.74. The lowest BCUT2D eigenvalue weighted by Gasteiger charge is -2.11. The van der Waals surface area contributed by atoms with Gasteiger partial charge in [0, 0.05) is 22.0 Å². The van der Waals surface area contributed by atoms with Crippen molar-refractivity contribution < 1.29 is 4.79 Å². The first-order valence-electron chi connectivity index (χ1n) is 8.38. The van der Waals surface area contributed by atoms with Gasteiger partial charge in [0.05, 0.1) is 11.8 Å². The Morgan fingerprint density at radius 2 is 1.89 bits per heavy atom. The number of halogens is 1. The van der Waals surface area contributed by atoms with Gasteiger partial charge in [0.2, 0.25) is 0 Å². The van der Waals surface area contributed by atoms with Crippen LogP contribution in [0.1, 0.15) is 6.92 Å². The van der Waals surface area contributed by atoms with Crippen LogP contribution in [0.3, 0.4) is 0 Å². The maximum Gasteiger partial charge on any atom is 0.196 e. The Morgan fingerprint density at radius 3 is 2.50 bits per heavy atom. The fourth-order valence-electron chi connectivity index (χ4n) is 2.59. The third-order valence-electron chi connectivity index (χ3n) is 3.98. The van der Waals surface area contributed by atoms with Gasteiger partial charge in [-0.1, -0.05) is 41.6 Å². The lowest BCUT2D eigenvalue weighted by molar-refractivity contribution is -0.117. The largest absolute Gasteiger partial charge is 0.308 e. The van der Waals surface area contributed by atoms with Crippen molar-refractivity contribution in [3.05, 3.63) is 59.6 Å². The number of nitrogens with one attached hydrogen (secondary N) is 1. The van der Waals surface area contributed by atoms with E-state index in [0.717, 1.165) is 11.3 Å². The van der Waals surface area contributed by atoms with Gasteiger partial charge in [-0.25, -0.2) is 0 Å². The smallest absolute Gasteiger partial charge is 0.196 e. The van der Waals surface area contributed by atoms with Crippen LogP contribution in [0.25, 0.3) is 17.1 Å². The summed E-state index contributed by atoms with van der Waals surface area (Å²) in [5.41, 5.74) is 1.73. The van der Waals surface area contributed by atoms with Crippen molar-refractivity contribution in [1.82, 2.24) is 14.8 Å². The lowest BCUT2D eigenvalue weighted by Crippen LogP contribution is -2.21. The topological polar surface area (TPSA) is 95.4 Å². The average molecular weight is 410 g/mol. The number of ketones is 1. The molecule has 2 aromatic carbocycles. The Kier molecular flexibility index (Phi) is 6.24. The van der Waals surface area contributed by atoms with Crippen molar-refractivity contribution in [3.8, 4) is 23.1 Å². The second-order valence-corrected chi connectivity index (χ2v) is 7.36. The molecule has 140 valence electrons. The molecule has 0 spiro atoms. The van der Waals surface area contributed by atoms with Crippen LogP contribution in [0.15, 0.2) is 59.8 Å². The zero-order valence-corrected chi connectivity index (χ0v) is 16.5. The number of rotatable bonds is 7. The number of Topliss-reactive ketones (excluding diaryl/α,β-unsaturated/α-hetero) is 1. The van der Waals surface area contributed by atoms with Gasteiger partial charge in [-0.15, -0.1) is 10.2 Å². The van der Waals surface area contributed by atoms with Gasteiger partial charge in [0.25, 0.3) is 0 Å². The van der Waals surface area contributed by atoms with E-state index < -0.39 is 5.92 Å². The summed E-state index contributed by atoms with van der Waals surface area (Å²) in [6.07, 6.45) is 0. The molecular weight excluding hydrogens is 394 g/mol. The summed E-state index contributed by atoms with van der Waals surface area (Å²) in [7, 11) is 0. The first kappa shape index (κ1) is 19.8. The quantitative estimate of drug-likeness (QED) is 0.460. The highest BCUT2D eigenvalue weighted by Crippen LogP contribution is 2.29. The number of hydrogen-bond acceptors (Lipinski definition) is 6. The van der Waals surface area contributed by atoms with Crippen LogP contribution in [0.2, 0.25) is 5.02 Å². The fraction of sp³-hybridized carbons (Fsp3) is 0.150. The summed E-state index contributed by atoms with van der Waals surface area (Å²) in [4.78, 5) is 12.3. The van der Waals surface area contributed by atoms with E-state index in [4.69, 9.17) is 22.3 Å². The Morgan fingerprint density at radius 1 is 1.21 bits per heavy atom. The maximum absolute atomic E-state index is 12.3. The van der Waals surface area contributed by atoms with Crippen LogP contribution in [0, 0.1) is 22.7 Å². The van der Waals surface area contributed by atoms with E-state index in [1.807, 2.05) is 53.1 Å². The number of hydrogen-bond donors (Lipinski definition) is 1. The van der Waals surface area contributed by atoms with Crippen LogP contribution >= 0.6 is 23.4 Å². The second kappa shape index (κ2) is 8.83. The molecule has 28 heavy (non-hydrogen) atoms. The molecule has 1 aromatic heterocycles. The molecule has 1 heterocycles. The molecule has 6 nitrogen and oxygen atoms in total. The van der Waals surface area contributed by atoms with Crippen molar-refractivity contribution in [3.63, 3.8) is 0 Å². The maximum atomic E-state index is 12.3. The minimum atomic E-state index is -1.03. The molecule has 0 aliphatic carbocycles. The highest BCUT2D eigenvalue weighted by Gasteiger charge is 2.22. The molecule has 3 aromatic rings. The van der Waals surface area contributed by atoms with Gasteiger partial charge < -0.3 is 5.41 Å². The minimum absolute atomic E-state index is 0.0278. The fourth-order valence-corrected chi connectivity index (χ4v) is 3.57. The third kappa shape index (κ3) is 4.30. The zero-order valence-electron chi connectivity index (χ0n) is 15.0. The summed E-state index contributed by atoms with van der Waals surface area (Å²) in [5.74, 6) is -0.704. The average Bonchev–Trinajstić information content (AvgIpc) is 3.12. The number of nitrogens with zero attached hydrogens (tertiary/aromatic N) is 4. The molecule has 0 fully saturated rings. The molecule has 0 saturated heterocycles. The first-order chi connectivity index (χ1) is 13.5. The van der Waals surface area contributed by atoms with E-state index in [0.29, 0.717) is 16.0 Å². The number of carbonyl (C=O) groups excluding carboxylic acids is 1. The normalized spacial score (nSPS) is 11.6. The van der Waals surface area contributed by atoms with Crippen LogP contribution in [0.5, 0.6) is 0 Å². The second-order valence-electron chi connectivity index (χ2n) is 5.98. The predicted octanol–water partition coefficient (Wildman–Crippen LogP) is 4.43. The molecule has 0 bridgehead atoms. The Labute approximate surface area is 171 Å². The van der Waals surface area contributed by atoms with E-state index in [9.17, 15) is 4.79 Å². The molecule has 1 atom stereocenters. The van der Waals surface area contributed by atoms with Crippen molar-refractivity contribution in [2.24, 2.45) is 5.92 Å². The number of aromatic nitrogens is 3. The number of benzene rings is 2. The van der Waals surface area contributed by atoms with Crippen molar-refractivity contribution >= 4 is 34.9 Å². The molecular formula is C20H16ClN5OS. The molecule has 0 aliphatic rings. The molecule has 3 rings (SSSR count). The SMILES string of the molecule is CC(=N)C(C#N)C(=O)CSc1nnc(-c2ccc(Cl)cc2)n1-c1ccccc1. The Balaban J connectivity index is 1.96. The highest BCUT2D eigenvalue weighted by molar-refractivity contribution is 7.99. The molecule has 0 amide bonds. The van der Waals surface area contributed by atoms with Crippen LogP contribution < -0.4 is 0 Å². The van der Waals surface area contributed by atoms with Crippen molar-refractivity contribution in [2.45, 2.75) is 12.1 Å². The minimum Gasteiger partial charge on any atom is -0.308 e. The molecule has 1 unspecified atom stereocenters. The molecule has 1 N–H and O–H groups in total. The van der Waals surface area contributed by atoms with Gasteiger partial charge in [-0.2, -0.15) is 5.26 Å². The number of thioether (sulfide) groups is 1. The van der Waals surface area contributed by atoms with Gasteiger partial charge in [-0.3, -0.25) is 9.36 Å². The van der Waals surface area contributed by atoms with E-state index in [-0.39, 0.29) is 17.2 Å². The number of nitriles is 1. The van der Waals surface area contributed by atoms with Gasteiger partial charge in [0.1, 0.15) is 5.92 Å². The summed E-state index contributed by atoms with van der Waals surface area (Å²) in [5, 5.41) is 26.4. The zero-order chi connectivity index (χ0) is 20.1. The van der Waals surface area contributed by atoms with Crippen molar-refractivity contribution in [1.29, 1.82) is 10.7 Å². The number of para-hydroxylation sites is 1. The van der Waals surface area contributed by atoms with E-state index in [1.54, 1.807) is 12.1 Å². The lowest BCUT2D eigenvalue weighted by atomic mass is 10.0. The number of carbonyl (C=O) groups is 1. The Bertz CT molecular complexity index is 1040. The Hall–Kier alpha value is -2.95. The molecule has 8 heteroatoms. The monoisotopic (exact) mass is 409 g/mol. The van der Waals surface area contributed by atoms with E-state index in [1.165, 1.54) is 18.7 Å². The van der Waals surface area contributed by atoms with Gasteiger partial charge >= 0.3 is 0 Å². The summed E-state index contributed by atoms with van der Waals surface area (Å²) in [6.45, 7) is 1.46. The van der Waals surface area contributed by atoms with Crippen LogP contribution in [-0.2, 0) is 4.79 Å². The van der Waals surface area contributed by atoms with Gasteiger partial charge in [-0.05, 0) is 43.3 Å². The molecule has 0 aliphatic heterocycles.